The molecule has 1 fully saturated rings. The molecule has 1 aliphatic rings. The van der Waals surface area contributed by atoms with Gasteiger partial charge in [0.25, 0.3) is 5.91 Å². The summed E-state index contributed by atoms with van der Waals surface area (Å²) < 4.78 is 29.5. The summed E-state index contributed by atoms with van der Waals surface area (Å²) in [6.07, 6.45) is 1.81. The number of amides is 1. The molecule has 0 unspecified atom stereocenters. The first-order chi connectivity index (χ1) is 14.4. The molecular formula is C21H22N4O3S2. The van der Waals surface area contributed by atoms with Gasteiger partial charge in [0, 0.05) is 56.1 Å². The Balaban J connectivity index is 1.52. The molecule has 156 valence electrons. The van der Waals surface area contributed by atoms with E-state index in [1.54, 1.807) is 23.7 Å². The molecule has 2 heterocycles. The first-order valence-electron chi connectivity index (χ1n) is 9.54. The molecule has 4 rings (SSSR count). The predicted octanol–water partition coefficient (Wildman–Crippen LogP) is 2.34. The maximum absolute atomic E-state index is 13.1. The minimum atomic E-state index is -3.68. The van der Waals surface area contributed by atoms with Gasteiger partial charge in [-0.15, -0.1) is 11.3 Å². The van der Waals surface area contributed by atoms with E-state index < -0.39 is 15.9 Å². The molecule has 30 heavy (non-hydrogen) atoms. The number of hydrogen-bond donors (Lipinski definition) is 0. The number of carbonyl (C=O) groups is 1. The molecule has 0 N–H and O–H groups in total. The molecule has 7 nitrogen and oxygen atoms in total. The molecule has 1 saturated heterocycles. The van der Waals surface area contributed by atoms with Gasteiger partial charge in [-0.3, -0.25) is 4.79 Å². The summed E-state index contributed by atoms with van der Waals surface area (Å²) in [6, 6.07) is 16.1. The monoisotopic (exact) mass is 442 g/mol. The van der Waals surface area contributed by atoms with Gasteiger partial charge in [-0.25, -0.2) is 8.42 Å². The van der Waals surface area contributed by atoms with E-state index >= 15 is 0 Å². The van der Waals surface area contributed by atoms with Crippen molar-refractivity contribution in [2.24, 2.45) is 12.0 Å². The van der Waals surface area contributed by atoms with Gasteiger partial charge < -0.3 is 9.47 Å². The van der Waals surface area contributed by atoms with Crippen LogP contribution in [0.1, 0.15) is 10.4 Å². The minimum absolute atomic E-state index is 0.118. The average Bonchev–Trinajstić information content (AvgIpc) is 3.19. The second kappa shape index (κ2) is 8.55. The third kappa shape index (κ3) is 4.23. The number of rotatable bonds is 4. The van der Waals surface area contributed by atoms with Crippen molar-refractivity contribution in [3.05, 3.63) is 76.5 Å². The number of benzene rings is 2. The van der Waals surface area contributed by atoms with Crippen LogP contribution < -0.4 is 9.70 Å². The number of aromatic nitrogens is 1. The third-order valence-electron chi connectivity index (χ3n) is 5.04. The predicted molar refractivity (Wildman–Crippen MR) is 117 cm³/mol. The number of para-hydroxylation sites is 1. The van der Waals surface area contributed by atoms with Crippen molar-refractivity contribution in [1.29, 1.82) is 0 Å². The van der Waals surface area contributed by atoms with Gasteiger partial charge in [-0.2, -0.15) is 9.30 Å². The van der Waals surface area contributed by atoms with Gasteiger partial charge in [0.2, 0.25) is 10.0 Å². The zero-order valence-corrected chi connectivity index (χ0v) is 18.1. The van der Waals surface area contributed by atoms with Crippen molar-refractivity contribution in [2.45, 2.75) is 4.90 Å². The number of piperazine rings is 1. The summed E-state index contributed by atoms with van der Waals surface area (Å²) in [5, 5.41) is 1.84. The zero-order valence-electron chi connectivity index (χ0n) is 16.5. The fourth-order valence-electron chi connectivity index (χ4n) is 3.35. The highest BCUT2D eigenvalue weighted by molar-refractivity contribution is 7.89. The van der Waals surface area contributed by atoms with E-state index in [2.05, 4.69) is 9.89 Å². The maximum Gasteiger partial charge on any atom is 0.279 e. The topological polar surface area (TPSA) is 75.0 Å². The van der Waals surface area contributed by atoms with E-state index in [0.29, 0.717) is 31.0 Å². The summed E-state index contributed by atoms with van der Waals surface area (Å²) in [6.45, 7) is 2.02. The van der Waals surface area contributed by atoms with E-state index in [1.165, 1.54) is 27.8 Å². The lowest BCUT2D eigenvalue weighted by molar-refractivity contribution is 0.0997. The molecule has 1 amide bonds. The Morgan fingerprint density at radius 3 is 2.40 bits per heavy atom. The van der Waals surface area contributed by atoms with Crippen molar-refractivity contribution in [3.8, 4) is 0 Å². The molecule has 0 spiro atoms. The number of thiazole rings is 1. The van der Waals surface area contributed by atoms with Crippen LogP contribution in [0.2, 0.25) is 0 Å². The number of nitrogens with zero attached hydrogens (tertiary/aromatic N) is 4. The van der Waals surface area contributed by atoms with Crippen molar-refractivity contribution >= 4 is 33.0 Å². The quantitative estimate of drug-likeness (QED) is 0.622. The van der Waals surface area contributed by atoms with E-state index in [0.717, 1.165) is 5.69 Å². The molecule has 0 bridgehead atoms. The Labute approximate surface area is 179 Å². The average molecular weight is 443 g/mol. The van der Waals surface area contributed by atoms with Crippen LogP contribution in [0.25, 0.3) is 0 Å². The first-order valence-corrected chi connectivity index (χ1v) is 11.9. The van der Waals surface area contributed by atoms with E-state index in [1.807, 2.05) is 41.9 Å². The summed E-state index contributed by atoms with van der Waals surface area (Å²) in [4.78, 5) is 19.5. The van der Waals surface area contributed by atoms with Crippen LogP contribution in [-0.2, 0) is 17.1 Å². The summed E-state index contributed by atoms with van der Waals surface area (Å²) >= 11 is 1.35. The highest BCUT2D eigenvalue weighted by Gasteiger charge is 2.29. The van der Waals surface area contributed by atoms with Crippen molar-refractivity contribution in [3.63, 3.8) is 0 Å². The first kappa shape index (κ1) is 20.5. The Kier molecular flexibility index (Phi) is 5.85. The number of carbonyl (C=O) groups excluding carboxylic acids is 1. The van der Waals surface area contributed by atoms with Gasteiger partial charge in [-0.1, -0.05) is 24.3 Å². The Hall–Kier alpha value is -2.75. The number of aryl methyl sites for hydroxylation is 1. The molecule has 1 aliphatic heterocycles. The Morgan fingerprint density at radius 2 is 1.73 bits per heavy atom. The number of hydrogen-bond acceptors (Lipinski definition) is 5. The van der Waals surface area contributed by atoms with Crippen LogP contribution in [-0.4, -0.2) is 49.4 Å². The van der Waals surface area contributed by atoms with E-state index in [9.17, 15) is 13.2 Å². The van der Waals surface area contributed by atoms with Crippen LogP contribution in [0, 0.1) is 0 Å². The number of anilines is 1. The molecule has 0 aliphatic carbocycles. The summed E-state index contributed by atoms with van der Waals surface area (Å²) in [5.74, 6) is -0.459. The van der Waals surface area contributed by atoms with Crippen molar-refractivity contribution < 1.29 is 13.2 Å². The minimum Gasteiger partial charge on any atom is -0.369 e. The third-order valence-corrected chi connectivity index (χ3v) is 7.78. The van der Waals surface area contributed by atoms with Crippen molar-refractivity contribution in [1.82, 2.24) is 8.87 Å². The SMILES string of the molecule is Cn1ccsc1=NC(=O)c1cccc(S(=O)(=O)N2CCN(c3ccccc3)CC2)c1. The molecule has 2 aromatic carbocycles. The Morgan fingerprint density at radius 1 is 1.00 bits per heavy atom. The molecule has 1 aromatic heterocycles. The fourth-order valence-corrected chi connectivity index (χ4v) is 5.55. The Bertz CT molecular complexity index is 1210. The molecule has 0 saturated carbocycles. The van der Waals surface area contributed by atoms with Gasteiger partial charge in [0.05, 0.1) is 4.90 Å². The van der Waals surface area contributed by atoms with E-state index in [4.69, 9.17) is 0 Å². The lowest BCUT2D eigenvalue weighted by atomic mass is 10.2. The molecular weight excluding hydrogens is 420 g/mol. The second-order valence-corrected chi connectivity index (χ2v) is 9.78. The van der Waals surface area contributed by atoms with E-state index in [-0.39, 0.29) is 10.5 Å². The second-order valence-electron chi connectivity index (χ2n) is 6.97. The highest BCUT2D eigenvalue weighted by Crippen LogP contribution is 2.22. The van der Waals surface area contributed by atoms with Crippen LogP contribution >= 0.6 is 11.3 Å². The van der Waals surface area contributed by atoms with Gasteiger partial charge >= 0.3 is 0 Å². The number of sulfonamides is 1. The van der Waals surface area contributed by atoms with Crippen LogP contribution in [0.15, 0.2) is 76.1 Å². The van der Waals surface area contributed by atoms with Crippen LogP contribution in [0.4, 0.5) is 5.69 Å². The van der Waals surface area contributed by atoms with Crippen LogP contribution in [0.3, 0.4) is 0 Å². The standard InChI is InChI=1S/C21H22N4O3S2/c1-23-14-15-29-21(23)22-20(26)17-6-5-9-19(16-17)30(27,28)25-12-10-24(11-13-25)18-7-3-2-4-8-18/h2-9,14-16H,10-13H2,1H3. The maximum atomic E-state index is 13.1. The molecule has 9 heteroatoms. The lowest BCUT2D eigenvalue weighted by Gasteiger charge is -2.35. The largest absolute Gasteiger partial charge is 0.369 e. The normalized spacial score (nSPS) is 16.0. The smallest absolute Gasteiger partial charge is 0.279 e. The highest BCUT2D eigenvalue weighted by atomic mass is 32.2. The summed E-state index contributed by atoms with van der Waals surface area (Å²) in [7, 11) is -1.88. The molecule has 0 radical (unpaired) electrons. The van der Waals surface area contributed by atoms with Crippen molar-refractivity contribution in [2.75, 3.05) is 31.1 Å². The lowest BCUT2D eigenvalue weighted by Crippen LogP contribution is -2.48. The van der Waals surface area contributed by atoms with Gasteiger partial charge in [-0.05, 0) is 30.3 Å². The van der Waals surface area contributed by atoms with Crippen LogP contribution in [0.5, 0.6) is 0 Å². The van der Waals surface area contributed by atoms with Gasteiger partial charge in [0.1, 0.15) is 0 Å². The zero-order chi connectivity index (χ0) is 21.1. The molecule has 0 atom stereocenters. The fraction of sp³-hybridized carbons (Fsp3) is 0.238. The van der Waals surface area contributed by atoms with Gasteiger partial charge in [0.15, 0.2) is 4.80 Å². The molecule has 3 aromatic rings. The summed E-state index contributed by atoms with van der Waals surface area (Å²) in [5.41, 5.74) is 1.35.